The van der Waals surface area contributed by atoms with E-state index in [9.17, 15) is 9.18 Å². The molecule has 3 aromatic rings. The van der Waals surface area contributed by atoms with Crippen LogP contribution in [0.4, 0.5) is 4.39 Å². The molecule has 0 aliphatic heterocycles. The summed E-state index contributed by atoms with van der Waals surface area (Å²) in [6.07, 6.45) is 0.136. The van der Waals surface area contributed by atoms with Crippen LogP contribution in [-0.4, -0.2) is 15.5 Å². The Hall–Kier alpha value is -2.47. The Balaban J connectivity index is 2.06. The van der Waals surface area contributed by atoms with Gasteiger partial charge in [0, 0.05) is 22.3 Å². The molecule has 6 heteroatoms. The predicted molar refractivity (Wildman–Crippen MR) is 89.2 cm³/mol. The number of nitrogens with two attached hydrogens (primary N) is 1. The standard InChI is InChI=1S/C17H16FN3OS/c1-10-7-12(14-9-23-17(20-14)8-16(19)22)11(2)21(10)15-6-4-3-5-13(15)18/h3-7,9H,8H2,1-2H3,(H2,19,22). The largest absolute Gasteiger partial charge is 0.369 e. The Morgan fingerprint density at radius 2 is 2.09 bits per heavy atom. The number of hydrogen-bond donors (Lipinski definition) is 1. The highest BCUT2D eigenvalue weighted by Gasteiger charge is 2.16. The maximum absolute atomic E-state index is 14.1. The fourth-order valence-corrected chi connectivity index (χ4v) is 3.49. The Kier molecular flexibility index (Phi) is 4.00. The van der Waals surface area contributed by atoms with Crippen molar-refractivity contribution in [3.05, 3.63) is 57.9 Å². The van der Waals surface area contributed by atoms with Crippen molar-refractivity contribution in [3.63, 3.8) is 0 Å². The first-order valence-electron chi connectivity index (χ1n) is 7.14. The molecule has 0 spiro atoms. The Morgan fingerprint density at radius 3 is 2.78 bits per heavy atom. The molecule has 2 N–H and O–H groups in total. The fourth-order valence-electron chi connectivity index (χ4n) is 2.69. The number of primary amides is 1. The molecule has 0 saturated heterocycles. The lowest BCUT2D eigenvalue weighted by Gasteiger charge is -2.10. The summed E-state index contributed by atoms with van der Waals surface area (Å²) in [4.78, 5) is 15.5. The molecule has 0 aliphatic carbocycles. The first-order chi connectivity index (χ1) is 11.0. The number of carbonyl (C=O) groups is 1. The summed E-state index contributed by atoms with van der Waals surface area (Å²) in [6.45, 7) is 3.86. The highest BCUT2D eigenvalue weighted by Crippen LogP contribution is 2.31. The second kappa shape index (κ2) is 5.96. The van der Waals surface area contributed by atoms with Crippen LogP contribution in [0.3, 0.4) is 0 Å². The van der Waals surface area contributed by atoms with Gasteiger partial charge in [-0.05, 0) is 32.0 Å². The molecule has 0 atom stereocenters. The average Bonchev–Trinajstić information content (AvgIpc) is 3.04. The Morgan fingerprint density at radius 1 is 1.35 bits per heavy atom. The van der Waals surface area contributed by atoms with Gasteiger partial charge in [-0.1, -0.05) is 12.1 Å². The van der Waals surface area contributed by atoms with E-state index in [1.165, 1.54) is 17.4 Å². The van der Waals surface area contributed by atoms with Gasteiger partial charge in [-0.25, -0.2) is 9.37 Å². The van der Waals surface area contributed by atoms with Crippen molar-refractivity contribution in [2.75, 3.05) is 0 Å². The lowest BCUT2D eigenvalue weighted by molar-refractivity contribution is -0.117. The second-order valence-corrected chi connectivity index (χ2v) is 6.28. The molecule has 0 fully saturated rings. The normalized spacial score (nSPS) is 10.9. The monoisotopic (exact) mass is 329 g/mol. The lowest BCUT2D eigenvalue weighted by atomic mass is 10.2. The van der Waals surface area contributed by atoms with E-state index in [1.807, 2.05) is 35.9 Å². The van der Waals surface area contributed by atoms with Gasteiger partial charge in [0.1, 0.15) is 10.8 Å². The zero-order valence-corrected chi connectivity index (χ0v) is 13.7. The number of aryl methyl sites for hydroxylation is 1. The van der Waals surface area contributed by atoms with E-state index in [-0.39, 0.29) is 12.2 Å². The third-order valence-electron chi connectivity index (χ3n) is 3.68. The van der Waals surface area contributed by atoms with Crippen LogP contribution >= 0.6 is 11.3 Å². The smallest absolute Gasteiger partial charge is 0.224 e. The van der Waals surface area contributed by atoms with Crippen molar-refractivity contribution in [2.24, 2.45) is 5.73 Å². The molecule has 1 aromatic carbocycles. The Bertz CT molecular complexity index is 882. The number of thiazole rings is 1. The number of benzene rings is 1. The first kappa shape index (κ1) is 15.4. The zero-order valence-electron chi connectivity index (χ0n) is 12.8. The van der Waals surface area contributed by atoms with E-state index in [2.05, 4.69) is 4.98 Å². The Labute approximate surface area is 137 Å². The van der Waals surface area contributed by atoms with Gasteiger partial charge in [0.25, 0.3) is 0 Å². The summed E-state index contributed by atoms with van der Waals surface area (Å²) in [5, 5.41) is 2.58. The van der Waals surface area contributed by atoms with Crippen LogP contribution in [0.1, 0.15) is 16.4 Å². The second-order valence-electron chi connectivity index (χ2n) is 5.34. The van der Waals surface area contributed by atoms with Gasteiger partial charge in [0.05, 0.1) is 17.8 Å². The van der Waals surface area contributed by atoms with Crippen LogP contribution in [0.5, 0.6) is 0 Å². The lowest BCUT2D eigenvalue weighted by Crippen LogP contribution is -2.13. The number of para-hydroxylation sites is 1. The van der Waals surface area contributed by atoms with Gasteiger partial charge in [-0.2, -0.15) is 0 Å². The molecule has 0 saturated carbocycles. The van der Waals surface area contributed by atoms with Crippen LogP contribution in [-0.2, 0) is 11.2 Å². The minimum absolute atomic E-state index is 0.136. The summed E-state index contributed by atoms with van der Waals surface area (Å²) in [5.41, 5.74) is 9.26. The molecule has 4 nitrogen and oxygen atoms in total. The quantitative estimate of drug-likeness (QED) is 0.797. The van der Waals surface area contributed by atoms with E-state index in [1.54, 1.807) is 12.1 Å². The topological polar surface area (TPSA) is 60.9 Å². The number of halogens is 1. The zero-order chi connectivity index (χ0) is 16.6. The fraction of sp³-hybridized carbons (Fsp3) is 0.176. The van der Waals surface area contributed by atoms with E-state index in [0.29, 0.717) is 10.7 Å². The minimum atomic E-state index is -0.400. The van der Waals surface area contributed by atoms with Crippen LogP contribution in [0, 0.1) is 19.7 Å². The van der Waals surface area contributed by atoms with E-state index in [4.69, 9.17) is 5.73 Å². The summed E-state index contributed by atoms with van der Waals surface area (Å²) in [7, 11) is 0. The summed E-state index contributed by atoms with van der Waals surface area (Å²) >= 11 is 1.40. The summed E-state index contributed by atoms with van der Waals surface area (Å²) in [5.74, 6) is -0.670. The third kappa shape index (κ3) is 2.90. The summed E-state index contributed by atoms with van der Waals surface area (Å²) < 4.78 is 16.0. The molecule has 2 aromatic heterocycles. The van der Waals surface area contributed by atoms with E-state index in [0.717, 1.165) is 22.6 Å². The van der Waals surface area contributed by atoms with Crippen LogP contribution in [0.15, 0.2) is 35.7 Å². The number of rotatable bonds is 4. The highest BCUT2D eigenvalue weighted by molar-refractivity contribution is 7.10. The number of aromatic nitrogens is 2. The van der Waals surface area contributed by atoms with Crippen molar-refractivity contribution in [1.29, 1.82) is 0 Å². The van der Waals surface area contributed by atoms with Crippen molar-refractivity contribution >= 4 is 17.2 Å². The van der Waals surface area contributed by atoms with E-state index < -0.39 is 5.91 Å². The number of carbonyl (C=O) groups excluding carboxylic acids is 1. The minimum Gasteiger partial charge on any atom is -0.369 e. The van der Waals surface area contributed by atoms with Crippen molar-refractivity contribution in [3.8, 4) is 16.9 Å². The molecule has 0 radical (unpaired) electrons. The number of nitrogens with zero attached hydrogens (tertiary/aromatic N) is 2. The molecule has 1 amide bonds. The molecular formula is C17H16FN3OS. The van der Waals surface area contributed by atoms with E-state index >= 15 is 0 Å². The first-order valence-corrected chi connectivity index (χ1v) is 8.02. The molecular weight excluding hydrogens is 313 g/mol. The highest BCUT2D eigenvalue weighted by atomic mass is 32.1. The maximum Gasteiger partial charge on any atom is 0.224 e. The molecule has 2 heterocycles. The maximum atomic E-state index is 14.1. The van der Waals surface area contributed by atoms with Gasteiger partial charge < -0.3 is 10.3 Å². The van der Waals surface area contributed by atoms with Gasteiger partial charge in [-0.15, -0.1) is 11.3 Å². The van der Waals surface area contributed by atoms with Crippen molar-refractivity contribution in [2.45, 2.75) is 20.3 Å². The number of amides is 1. The molecule has 3 rings (SSSR count). The molecule has 118 valence electrons. The predicted octanol–water partition coefficient (Wildman–Crippen LogP) is 3.38. The molecule has 0 unspecified atom stereocenters. The van der Waals surface area contributed by atoms with Crippen molar-refractivity contribution < 1.29 is 9.18 Å². The molecule has 0 bridgehead atoms. The van der Waals surface area contributed by atoms with Crippen LogP contribution < -0.4 is 5.73 Å². The van der Waals surface area contributed by atoms with Gasteiger partial charge in [-0.3, -0.25) is 4.79 Å². The average molecular weight is 329 g/mol. The third-order valence-corrected chi connectivity index (χ3v) is 4.53. The van der Waals surface area contributed by atoms with Gasteiger partial charge in [0.2, 0.25) is 5.91 Å². The van der Waals surface area contributed by atoms with Crippen LogP contribution in [0.2, 0.25) is 0 Å². The molecule has 0 aliphatic rings. The number of hydrogen-bond acceptors (Lipinski definition) is 3. The summed E-state index contributed by atoms with van der Waals surface area (Å²) in [6, 6.07) is 8.65. The SMILES string of the molecule is Cc1cc(-c2csc(CC(N)=O)n2)c(C)n1-c1ccccc1F. The van der Waals surface area contributed by atoms with Crippen molar-refractivity contribution in [1.82, 2.24) is 9.55 Å². The van der Waals surface area contributed by atoms with Crippen LogP contribution in [0.25, 0.3) is 16.9 Å². The molecule has 23 heavy (non-hydrogen) atoms. The van der Waals surface area contributed by atoms with Gasteiger partial charge in [0.15, 0.2) is 0 Å². The van der Waals surface area contributed by atoms with Gasteiger partial charge >= 0.3 is 0 Å².